The SMILES string of the molecule is COc1cnc(Cl)cc1-c1cc(C)ncc1C(=O)Nc1nnc(C2CCC(=O)N2)s1. The molecule has 4 rings (SSSR count). The second-order valence-electron chi connectivity index (χ2n) is 6.64. The van der Waals surface area contributed by atoms with Gasteiger partial charge in [-0.25, -0.2) is 4.98 Å². The van der Waals surface area contributed by atoms with Crippen molar-refractivity contribution in [1.82, 2.24) is 25.5 Å². The van der Waals surface area contributed by atoms with E-state index in [-0.39, 0.29) is 17.1 Å². The number of halogens is 1. The van der Waals surface area contributed by atoms with Gasteiger partial charge in [-0.05, 0) is 25.5 Å². The molecule has 0 saturated carbocycles. The Kier molecular flexibility index (Phi) is 5.60. The monoisotopic (exact) mass is 444 g/mol. The molecule has 1 unspecified atom stereocenters. The summed E-state index contributed by atoms with van der Waals surface area (Å²) in [7, 11) is 1.52. The van der Waals surface area contributed by atoms with Gasteiger partial charge in [0.2, 0.25) is 11.0 Å². The molecular weight excluding hydrogens is 428 g/mol. The first-order valence-corrected chi connectivity index (χ1v) is 10.2. The molecule has 0 radical (unpaired) electrons. The number of nitrogens with zero attached hydrogens (tertiary/aromatic N) is 4. The lowest BCUT2D eigenvalue weighted by atomic mass is 10.0. The summed E-state index contributed by atoms with van der Waals surface area (Å²) in [5, 5.41) is 15.0. The van der Waals surface area contributed by atoms with Crippen LogP contribution in [0.5, 0.6) is 5.75 Å². The highest BCUT2D eigenvalue weighted by Gasteiger charge is 2.26. The number of carbonyl (C=O) groups excluding carboxylic acids is 2. The van der Waals surface area contributed by atoms with Crippen molar-refractivity contribution in [3.63, 3.8) is 0 Å². The lowest BCUT2D eigenvalue weighted by Crippen LogP contribution is -2.18. The third-order valence-electron chi connectivity index (χ3n) is 4.58. The normalized spacial score (nSPS) is 15.7. The van der Waals surface area contributed by atoms with Gasteiger partial charge in [0.25, 0.3) is 5.91 Å². The molecule has 11 heteroatoms. The highest BCUT2D eigenvalue weighted by Crippen LogP contribution is 2.34. The topological polar surface area (TPSA) is 119 Å². The molecule has 2 N–H and O–H groups in total. The summed E-state index contributed by atoms with van der Waals surface area (Å²) in [4.78, 5) is 32.7. The lowest BCUT2D eigenvalue weighted by Gasteiger charge is -2.13. The Morgan fingerprint density at radius 3 is 2.83 bits per heavy atom. The fraction of sp³-hybridized carbons (Fsp3) is 0.263. The number of rotatable bonds is 5. The third-order valence-corrected chi connectivity index (χ3v) is 5.74. The van der Waals surface area contributed by atoms with E-state index >= 15 is 0 Å². The summed E-state index contributed by atoms with van der Waals surface area (Å²) < 4.78 is 5.39. The summed E-state index contributed by atoms with van der Waals surface area (Å²) in [5.41, 5.74) is 2.28. The average molecular weight is 445 g/mol. The Balaban J connectivity index is 1.64. The van der Waals surface area contributed by atoms with Crippen molar-refractivity contribution in [2.75, 3.05) is 12.4 Å². The Morgan fingerprint density at radius 1 is 1.27 bits per heavy atom. The first kappa shape index (κ1) is 20.2. The van der Waals surface area contributed by atoms with Gasteiger partial charge in [0.15, 0.2) is 0 Å². The minimum Gasteiger partial charge on any atom is -0.494 e. The van der Waals surface area contributed by atoms with Gasteiger partial charge in [-0.15, -0.1) is 10.2 Å². The molecule has 0 aliphatic carbocycles. The van der Waals surface area contributed by atoms with Crippen molar-refractivity contribution >= 4 is 39.9 Å². The number of aryl methyl sites for hydroxylation is 1. The van der Waals surface area contributed by atoms with E-state index < -0.39 is 5.91 Å². The van der Waals surface area contributed by atoms with E-state index in [0.29, 0.717) is 45.4 Å². The molecule has 1 fully saturated rings. The fourth-order valence-electron chi connectivity index (χ4n) is 3.14. The van der Waals surface area contributed by atoms with Crippen LogP contribution in [0.2, 0.25) is 5.15 Å². The van der Waals surface area contributed by atoms with Crippen LogP contribution < -0.4 is 15.4 Å². The highest BCUT2D eigenvalue weighted by atomic mass is 35.5. The number of hydrogen-bond acceptors (Lipinski definition) is 8. The van der Waals surface area contributed by atoms with Crippen LogP contribution in [-0.4, -0.2) is 39.1 Å². The van der Waals surface area contributed by atoms with Gasteiger partial charge >= 0.3 is 0 Å². The predicted molar refractivity (Wildman–Crippen MR) is 112 cm³/mol. The highest BCUT2D eigenvalue weighted by molar-refractivity contribution is 7.15. The summed E-state index contributed by atoms with van der Waals surface area (Å²) in [5.74, 6) is 0.0704. The Morgan fingerprint density at radius 2 is 2.10 bits per heavy atom. The zero-order valence-corrected chi connectivity index (χ0v) is 17.7. The molecule has 9 nitrogen and oxygen atoms in total. The molecule has 0 bridgehead atoms. The second kappa shape index (κ2) is 8.33. The number of pyridine rings is 2. The number of anilines is 1. The molecule has 1 atom stereocenters. The molecule has 4 heterocycles. The zero-order valence-electron chi connectivity index (χ0n) is 16.1. The smallest absolute Gasteiger partial charge is 0.259 e. The number of amides is 2. The predicted octanol–water partition coefficient (Wildman–Crippen LogP) is 3.17. The van der Waals surface area contributed by atoms with Crippen LogP contribution in [-0.2, 0) is 4.79 Å². The maximum atomic E-state index is 13.0. The van der Waals surface area contributed by atoms with E-state index in [2.05, 4.69) is 30.8 Å². The zero-order chi connectivity index (χ0) is 21.3. The van der Waals surface area contributed by atoms with Crippen LogP contribution in [0.3, 0.4) is 0 Å². The molecule has 1 saturated heterocycles. The minimum absolute atomic E-state index is 0.0129. The van der Waals surface area contributed by atoms with Crippen molar-refractivity contribution in [2.24, 2.45) is 0 Å². The molecule has 1 aliphatic rings. The van der Waals surface area contributed by atoms with Gasteiger partial charge in [-0.1, -0.05) is 22.9 Å². The summed E-state index contributed by atoms with van der Waals surface area (Å²) in [6, 6.07) is 3.25. The largest absolute Gasteiger partial charge is 0.494 e. The number of ether oxygens (including phenoxy) is 1. The van der Waals surface area contributed by atoms with Crippen molar-refractivity contribution < 1.29 is 14.3 Å². The number of hydrogen-bond donors (Lipinski definition) is 2. The second-order valence-corrected chi connectivity index (χ2v) is 8.03. The molecule has 0 aromatic carbocycles. The maximum Gasteiger partial charge on any atom is 0.259 e. The summed E-state index contributed by atoms with van der Waals surface area (Å²) >= 11 is 7.30. The number of methoxy groups -OCH3 is 1. The number of aromatic nitrogens is 4. The van der Waals surface area contributed by atoms with E-state index in [0.717, 1.165) is 5.69 Å². The quantitative estimate of drug-likeness (QED) is 0.580. The Hall–Kier alpha value is -3.11. The summed E-state index contributed by atoms with van der Waals surface area (Å²) in [6.45, 7) is 1.83. The number of nitrogens with one attached hydrogen (secondary N) is 2. The van der Waals surface area contributed by atoms with Crippen LogP contribution in [0.25, 0.3) is 11.1 Å². The first-order chi connectivity index (χ1) is 14.4. The van der Waals surface area contributed by atoms with Crippen LogP contribution in [0.1, 0.15) is 39.9 Å². The average Bonchev–Trinajstić information content (AvgIpc) is 3.36. The molecule has 3 aromatic rings. The molecule has 30 heavy (non-hydrogen) atoms. The third kappa shape index (κ3) is 4.10. The minimum atomic E-state index is -0.398. The Bertz CT molecular complexity index is 1140. The van der Waals surface area contributed by atoms with Crippen molar-refractivity contribution in [3.05, 3.63) is 45.9 Å². The van der Waals surface area contributed by atoms with E-state index in [1.165, 1.54) is 30.8 Å². The fourth-order valence-corrected chi connectivity index (χ4v) is 4.13. The van der Waals surface area contributed by atoms with Crippen molar-refractivity contribution in [2.45, 2.75) is 25.8 Å². The Labute approximate surface area is 180 Å². The standard InChI is InChI=1S/C19H17ClN6O3S/c1-9-5-10(11-6-15(20)22-8-14(11)29-2)12(7-21-9)17(28)24-19-26-25-18(30-19)13-3-4-16(27)23-13/h5-8,13H,3-4H2,1-2H3,(H,23,27)(H,24,26,28). The van der Waals surface area contributed by atoms with E-state index in [9.17, 15) is 9.59 Å². The molecule has 3 aromatic heterocycles. The van der Waals surface area contributed by atoms with Crippen molar-refractivity contribution in [1.29, 1.82) is 0 Å². The molecule has 1 aliphatic heterocycles. The molecule has 2 amide bonds. The maximum absolute atomic E-state index is 13.0. The van der Waals surface area contributed by atoms with Crippen LogP contribution >= 0.6 is 22.9 Å². The van der Waals surface area contributed by atoms with Crippen LogP contribution in [0, 0.1) is 6.92 Å². The summed E-state index contributed by atoms with van der Waals surface area (Å²) in [6.07, 6.45) is 4.12. The molecular formula is C19H17ClN6O3S. The van der Waals surface area contributed by atoms with Gasteiger partial charge in [-0.2, -0.15) is 0 Å². The molecule has 0 spiro atoms. The van der Waals surface area contributed by atoms with Gasteiger partial charge in [0, 0.05) is 29.4 Å². The van der Waals surface area contributed by atoms with Crippen LogP contribution in [0.4, 0.5) is 5.13 Å². The first-order valence-electron chi connectivity index (χ1n) is 9.05. The van der Waals surface area contributed by atoms with Crippen LogP contribution in [0.15, 0.2) is 24.5 Å². The van der Waals surface area contributed by atoms with E-state index in [4.69, 9.17) is 16.3 Å². The van der Waals surface area contributed by atoms with Gasteiger partial charge in [0.1, 0.15) is 15.9 Å². The lowest BCUT2D eigenvalue weighted by molar-refractivity contribution is -0.119. The van der Waals surface area contributed by atoms with E-state index in [1.807, 2.05) is 6.92 Å². The van der Waals surface area contributed by atoms with Gasteiger partial charge in [-0.3, -0.25) is 19.9 Å². The van der Waals surface area contributed by atoms with Gasteiger partial charge in [0.05, 0.1) is 24.9 Å². The van der Waals surface area contributed by atoms with E-state index in [1.54, 1.807) is 12.1 Å². The van der Waals surface area contributed by atoms with Gasteiger partial charge < -0.3 is 10.1 Å². The number of carbonyl (C=O) groups is 2. The molecule has 154 valence electrons. The van der Waals surface area contributed by atoms with Crippen molar-refractivity contribution in [3.8, 4) is 16.9 Å².